The van der Waals surface area contributed by atoms with Gasteiger partial charge in [0.1, 0.15) is 0 Å². The van der Waals surface area contributed by atoms with Gasteiger partial charge in [0.15, 0.2) is 5.75 Å². The number of ether oxygens (including phenoxy) is 1. The molecular weight excluding hydrogens is 247 g/mol. The van der Waals surface area contributed by atoms with E-state index in [1.165, 1.54) is 6.92 Å². The zero-order valence-electron chi connectivity index (χ0n) is 8.68. The predicted octanol–water partition coefficient (Wildman–Crippen LogP) is 2.68. The van der Waals surface area contributed by atoms with Gasteiger partial charge in [-0.1, -0.05) is 0 Å². The highest BCUT2D eigenvalue weighted by Crippen LogP contribution is 2.31. The molecule has 1 rings (SSSR count). The maximum atomic E-state index is 12.5. The maximum Gasteiger partial charge on any atom is 0.573 e. The van der Waals surface area contributed by atoms with Crippen molar-refractivity contribution in [3.05, 3.63) is 23.0 Å². The van der Waals surface area contributed by atoms with E-state index in [4.69, 9.17) is 5.73 Å². The number of pyridine rings is 1. The highest BCUT2D eigenvalue weighted by molar-refractivity contribution is 5.36. The van der Waals surface area contributed by atoms with Gasteiger partial charge in [0.25, 0.3) is 6.43 Å². The van der Waals surface area contributed by atoms with Crippen LogP contribution in [0.2, 0.25) is 0 Å². The van der Waals surface area contributed by atoms with Crippen LogP contribution < -0.4 is 10.5 Å². The van der Waals surface area contributed by atoms with E-state index in [-0.39, 0.29) is 17.9 Å². The molecule has 8 heteroatoms. The summed E-state index contributed by atoms with van der Waals surface area (Å²) >= 11 is 0. The van der Waals surface area contributed by atoms with Gasteiger partial charge in [-0.25, -0.2) is 8.78 Å². The van der Waals surface area contributed by atoms with Gasteiger partial charge in [-0.2, -0.15) is 0 Å². The number of alkyl halides is 5. The van der Waals surface area contributed by atoms with E-state index >= 15 is 0 Å². The van der Waals surface area contributed by atoms with E-state index in [1.807, 2.05) is 0 Å². The summed E-state index contributed by atoms with van der Waals surface area (Å²) in [5.74, 6) is -0.791. The highest BCUT2D eigenvalue weighted by atomic mass is 19.4. The minimum absolute atomic E-state index is 0.0741. The first-order valence-electron chi connectivity index (χ1n) is 4.49. The third-order valence-corrected chi connectivity index (χ3v) is 1.95. The lowest BCUT2D eigenvalue weighted by Crippen LogP contribution is -2.20. The van der Waals surface area contributed by atoms with E-state index in [0.29, 0.717) is 6.07 Å². The largest absolute Gasteiger partial charge is 0.573 e. The lowest BCUT2D eigenvalue weighted by Gasteiger charge is -2.14. The number of hydrogen-bond acceptors (Lipinski definition) is 3. The van der Waals surface area contributed by atoms with Crippen LogP contribution in [0.4, 0.5) is 22.0 Å². The van der Waals surface area contributed by atoms with Crippen LogP contribution in [-0.4, -0.2) is 11.3 Å². The van der Waals surface area contributed by atoms with Crippen LogP contribution in [0.25, 0.3) is 0 Å². The second-order valence-electron chi connectivity index (χ2n) is 3.16. The average molecular weight is 256 g/mol. The van der Waals surface area contributed by atoms with Crippen molar-refractivity contribution in [3.63, 3.8) is 0 Å². The summed E-state index contributed by atoms with van der Waals surface area (Å²) < 4.78 is 64.6. The fourth-order valence-electron chi connectivity index (χ4n) is 1.23. The fourth-order valence-corrected chi connectivity index (χ4v) is 1.23. The topological polar surface area (TPSA) is 48.1 Å². The molecule has 17 heavy (non-hydrogen) atoms. The maximum absolute atomic E-state index is 12.5. The Labute approximate surface area is 93.4 Å². The molecule has 0 aliphatic rings. The van der Waals surface area contributed by atoms with E-state index in [2.05, 4.69) is 9.72 Å². The number of nitrogens with zero attached hydrogens (tertiary/aromatic N) is 1. The van der Waals surface area contributed by atoms with Crippen molar-refractivity contribution in [1.29, 1.82) is 0 Å². The Morgan fingerprint density at radius 2 is 2.00 bits per heavy atom. The van der Waals surface area contributed by atoms with Crippen LogP contribution in [0, 0.1) is 6.92 Å². The highest BCUT2D eigenvalue weighted by Gasteiger charge is 2.33. The molecule has 0 aliphatic heterocycles. The quantitative estimate of drug-likeness (QED) is 0.846. The monoisotopic (exact) mass is 256 g/mol. The Kier molecular flexibility index (Phi) is 3.87. The van der Waals surface area contributed by atoms with Crippen molar-refractivity contribution in [2.24, 2.45) is 5.73 Å². The second-order valence-corrected chi connectivity index (χ2v) is 3.16. The number of hydrogen-bond donors (Lipinski definition) is 1. The van der Waals surface area contributed by atoms with Gasteiger partial charge < -0.3 is 10.5 Å². The first-order valence-corrected chi connectivity index (χ1v) is 4.49. The molecule has 96 valence electrons. The van der Waals surface area contributed by atoms with E-state index < -0.39 is 24.1 Å². The van der Waals surface area contributed by atoms with Crippen LogP contribution in [0.3, 0.4) is 0 Å². The molecule has 0 unspecified atom stereocenters. The minimum atomic E-state index is -4.97. The number of nitrogens with two attached hydrogens (primary N) is 1. The van der Waals surface area contributed by atoms with Gasteiger partial charge in [-0.3, -0.25) is 4.98 Å². The average Bonchev–Trinajstić information content (AvgIpc) is 2.17. The number of aromatic nitrogens is 1. The molecule has 3 nitrogen and oxygen atoms in total. The van der Waals surface area contributed by atoms with E-state index in [9.17, 15) is 22.0 Å². The van der Waals surface area contributed by atoms with Gasteiger partial charge in [-0.15, -0.1) is 13.2 Å². The van der Waals surface area contributed by atoms with Gasteiger partial charge in [-0.05, 0) is 13.0 Å². The Bertz CT molecular complexity index is 405. The first-order chi connectivity index (χ1) is 7.74. The van der Waals surface area contributed by atoms with Crippen molar-refractivity contribution >= 4 is 0 Å². The number of rotatable bonds is 3. The molecule has 0 spiro atoms. The van der Waals surface area contributed by atoms with Crippen molar-refractivity contribution < 1.29 is 26.7 Å². The molecule has 0 bridgehead atoms. The van der Waals surface area contributed by atoms with Gasteiger partial charge in [0.2, 0.25) is 0 Å². The lowest BCUT2D eigenvalue weighted by atomic mass is 10.1. The van der Waals surface area contributed by atoms with Crippen LogP contribution in [0.15, 0.2) is 6.07 Å². The number of halogens is 5. The van der Waals surface area contributed by atoms with Crippen molar-refractivity contribution in [1.82, 2.24) is 4.98 Å². The zero-order chi connectivity index (χ0) is 13.2. The predicted molar refractivity (Wildman–Crippen MR) is 48.5 cm³/mol. The van der Waals surface area contributed by atoms with Crippen molar-refractivity contribution in [2.75, 3.05) is 0 Å². The summed E-state index contributed by atoms with van der Waals surface area (Å²) in [6.07, 6.45) is -7.90. The normalized spacial score (nSPS) is 12.0. The summed E-state index contributed by atoms with van der Waals surface area (Å²) in [4.78, 5) is 3.57. The van der Waals surface area contributed by atoms with Crippen LogP contribution in [0.1, 0.15) is 23.4 Å². The molecule has 1 heterocycles. The standard InChI is InChI=1S/C9H9F5N2O/c1-4-5(8(10)11)2-7(6(3-15)16-4)17-9(12,13)14/h2,8H,3,15H2,1H3. The Morgan fingerprint density at radius 3 is 2.41 bits per heavy atom. The van der Waals surface area contributed by atoms with Crippen LogP contribution >= 0.6 is 0 Å². The first kappa shape index (κ1) is 13.6. The Balaban J connectivity index is 3.22. The molecule has 0 radical (unpaired) electrons. The molecule has 0 saturated heterocycles. The fraction of sp³-hybridized carbons (Fsp3) is 0.444. The Hall–Kier alpha value is -1.44. The summed E-state index contributed by atoms with van der Waals surface area (Å²) in [6, 6.07) is 0.614. The van der Waals surface area contributed by atoms with Crippen molar-refractivity contribution in [3.8, 4) is 5.75 Å². The summed E-state index contributed by atoms with van der Waals surface area (Å²) in [5, 5.41) is 0. The second kappa shape index (κ2) is 4.82. The third kappa shape index (κ3) is 3.52. The molecular formula is C9H9F5N2O. The van der Waals surface area contributed by atoms with E-state index in [0.717, 1.165) is 0 Å². The van der Waals surface area contributed by atoms with E-state index in [1.54, 1.807) is 0 Å². The van der Waals surface area contributed by atoms with Crippen LogP contribution in [-0.2, 0) is 6.54 Å². The zero-order valence-corrected chi connectivity index (χ0v) is 8.68. The Morgan fingerprint density at radius 1 is 1.41 bits per heavy atom. The van der Waals surface area contributed by atoms with Crippen LogP contribution in [0.5, 0.6) is 5.75 Å². The summed E-state index contributed by atoms with van der Waals surface area (Å²) in [7, 11) is 0. The van der Waals surface area contributed by atoms with Crippen molar-refractivity contribution in [2.45, 2.75) is 26.3 Å². The molecule has 0 aliphatic carbocycles. The molecule has 2 N–H and O–H groups in total. The lowest BCUT2D eigenvalue weighted by molar-refractivity contribution is -0.275. The summed E-state index contributed by atoms with van der Waals surface area (Å²) in [6.45, 7) is 0.924. The van der Waals surface area contributed by atoms with Gasteiger partial charge >= 0.3 is 6.36 Å². The molecule has 1 aromatic rings. The molecule has 0 fully saturated rings. The molecule has 0 amide bonds. The molecule has 0 aromatic carbocycles. The van der Waals surface area contributed by atoms with Gasteiger partial charge in [0.05, 0.1) is 5.69 Å². The third-order valence-electron chi connectivity index (χ3n) is 1.95. The smallest absolute Gasteiger partial charge is 0.404 e. The minimum Gasteiger partial charge on any atom is -0.404 e. The molecule has 0 saturated carbocycles. The molecule has 0 atom stereocenters. The number of aryl methyl sites for hydroxylation is 1. The van der Waals surface area contributed by atoms with Gasteiger partial charge in [0, 0.05) is 17.8 Å². The molecule has 1 aromatic heterocycles. The SMILES string of the molecule is Cc1nc(CN)c(OC(F)(F)F)cc1C(F)F. The summed E-state index contributed by atoms with van der Waals surface area (Å²) in [5.41, 5.74) is 4.27.